The molecule has 0 unspecified atom stereocenters. The number of hydrogen-bond acceptors (Lipinski definition) is 2. The lowest BCUT2D eigenvalue weighted by atomic mass is 10.1. The van der Waals surface area contributed by atoms with Crippen molar-refractivity contribution in [3.8, 4) is 0 Å². The maximum atomic E-state index is 13.2. The lowest BCUT2D eigenvalue weighted by Gasteiger charge is -2.24. The number of benzene rings is 1. The number of carbonyl (C=O) groups excluding carboxylic acids is 2. The van der Waals surface area contributed by atoms with Crippen molar-refractivity contribution in [2.75, 3.05) is 6.54 Å². The Morgan fingerprint density at radius 3 is 2.74 bits per heavy atom. The highest BCUT2D eigenvalue weighted by Crippen LogP contribution is 2.18. The van der Waals surface area contributed by atoms with Gasteiger partial charge in [-0.15, -0.1) is 0 Å². The molecule has 1 aliphatic rings. The van der Waals surface area contributed by atoms with Crippen LogP contribution in [0.4, 0.5) is 8.78 Å². The van der Waals surface area contributed by atoms with E-state index in [2.05, 4.69) is 5.32 Å². The van der Waals surface area contributed by atoms with E-state index in [4.69, 9.17) is 0 Å². The molecule has 1 heterocycles. The maximum Gasteiger partial charge on any atom is 0.243 e. The third-order valence-corrected chi connectivity index (χ3v) is 4.20. The Hall–Kier alpha value is -1.98. The molecule has 23 heavy (non-hydrogen) atoms. The summed E-state index contributed by atoms with van der Waals surface area (Å²) in [6.45, 7) is 3.96. The van der Waals surface area contributed by atoms with Crippen LogP contribution in [0.5, 0.6) is 0 Å². The quantitative estimate of drug-likeness (QED) is 0.904. The molecule has 2 atom stereocenters. The zero-order valence-corrected chi connectivity index (χ0v) is 13.4. The molecule has 1 fully saturated rings. The zero-order chi connectivity index (χ0) is 17.0. The first-order valence-electron chi connectivity index (χ1n) is 7.90. The minimum absolute atomic E-state index is 0.0860. The molecule has 1 N–H and O–H groups in total. The van der Waals surface area contributed by atoms with E-state index in [0.717, 1.165) is 12.5 Å². The van der Waals surface area contributed by atoms with Gasteiger partial charge in [0.2, 0.25) is 11.8 Å². The summed E-state index contributed by atoms with van der Waals surface area (Å²) in [6, 6.07) is 3.33. The number of nitrogens with one attached hydrogen (secondary N) is 1. The SMILES string of the molecule is CC(=O)N1CCC[C@@H]1C(=O)N[C@H](C)CCc1ccc(F)c(F)c1. The van der Waals surface area contributed by atoms with Crippen molar-refractivity contribution in [3.63, 3.8) is 0 Å². The Morgan fingerprint density at radius 2 is 2.09 bits per heavy atom. The summed E-state index contributed by atoms with van der Waals surface area (Å²) in [5, 5.41) is 2.90. The minimum atomic E-state index is -0.861. The van der Waals surface area contributed by atoms with Gasteiger partial charge in [0.25, 0.3) is 0 Å². The molecule has 2 rings (SSSR count). The van der Waals surface area contributed by atoms with Crippen molar-refractivity contribution in [1.29, 1.82) is 0 Å². The molecule has 6 heteroatoms. The average Bonchev–Trinajstić information content (AvgIpc) is 2.98. The maximum absolute atomic E-state index is 13.2. The van der Waals surface area contributed by atoms with Crippen LogP contribution in [-0.4, -0.2) is 35.3 Å². The van der Waals surface area contributed by atoms with Gasteiger partial charge in [-0.05, 0) is 50.3 Å². The van der Waals surface area contributed by atoms with Crippen LogP contribution in [0.15, 0.2) is 18.2 Å². The van der Waals surface area contributed by atoms with Crippen LogP contribution < -0.4 is 5.32 Å². The van der Waals surface area contributed by atoms with Gasteiger partial charge in [0.1, 0.15) is 6.04 Å². The third-order valence-electron chi connectivity index (χ3n) is 4.20. The normalized spacial score (nSPS) is 18.8. The van der Waals surface area contributed by atoms with E-state index in [1.165, 1.54) is 13.0 Å². The van der Waals surface area contributed by atoms with Gasteiger partial charge in [0, 0.05) is 19.5 Å². The van der Waals surface area contributed by atoms with E-state index in [0.29, 0.717) is 31.4 Å². The highest BCUT2D eigenvalue weighted by Gasteiger charge is 2.32. The number of likely N-dealkylation sites (tertiary alicyclic amines) is 1. The van der Waals surface area contributed by atoms with Gasteiger partial charge < -0.3 is 10.2 Å². The van der Waals surface area contributed by atoms with Crippen molar-refractivity contribution in [1.82, 2.24) is 10.2 Å². The molecule has 0 bridgehead atoms. The Labute approximate surface area is 134 Å². The smallest absolute Gasteiger partial charge is 0.243 e. The molecule has 0 radical (unpaired) electrons. The fourth-order valence-electron chi connectivity index (χ4n) is 2.91. The van der Waals surface area contributed by atoms with E-state index in [1.807, 2.05) is 6.92 Å². The predicted octanol–water partition coefficient (Wildman–Crippen LogP) is 2.41. The fourth-order valence-corrected chi connectivity index (χ4v) is 2.91. The number of hydrogen-bond donors (Lipinski definition) is 1. The molecule has 0 aromatic heterocycles. The first-order chi connectivity index (χ1) is 10.9. The first kappa shape index (κ1) is 17.4. The lowest BCUT2D eigenvalue weighted by Crippen LogP contribution is -2.47. The highest BCUT2D eigenvalue weighted by molar-refractivity contribution is 5.87. The summed E-state index contributed by atoms with van der Waals surface area (Å²) >= 11 is 0. The lowest BCUT2D eigenvalue weighted by molar-refractivity contribution is -0.137. The summed E-state index contributed by atoms with van der Waals surface area (Å²) in [5.74, 6) is -1.95. The Morgan fingerprint density at radius 1 is 1.35 bits per heavy atom. The number of amides is 2. The van der Waals surface area contributed by atoms with Gasteiger partial charge in [-0.3, -0.25) is 9.59 Å². The van der Waals surface area contributed by atoms with Crippen LogP contribution in [-0.2, 0) is 16.0 Å². The molecule has 1 aliphatic heterocycles. The predicted molar refractivity (Wildman–Crippen MR) is 82.7 cm³/mol. The first-order valence-corrected chi connectivity index (χ1v) is 7.90. The van der Waals surface area contributed by atoms with Crippen LogP contribution in [0.1, 0.15) is 38.7 Å². The van der Waals surface area contributed by atoms with E-state index in [9.17, 15) is 18.4 Å². The van der Waals surface area contributed by atoms with Crippen molar-refractivity contribution >= 4 is 11.8 Å². The average molecular weight is 324 g/mol. The van der Waals surface area contributed by atoms with Crippen molar-refractivity contribution < 1.29 is 18.4 Å². The van der Waals surface area contributed by atoms with Crippen LogP contribution in [0.2, 0.25) is 0 Å². The summed E-state index contributed by atoms with van der Waals surface area (Å²) in [7, 11) is 0. The standard InChI is InChI=1S/C17H22F2N2O2/c1-11(5-6-13-7-8-14(18)15(19)10-13)20-17(23)16-4-3-9-21(16)12(2)22/h7-8,10-11,16H,3-6,9H2,1-2H3,(H,20,23)/t11-,16-/m1/s1. The Kier molecular flexibility index (Phi) is 5.69. The van der Waals surface area contributed by atoms with Crippen LogP contribution in [0.3, 0.4) is 0 Å². The summed E-state index contributed by atoms with van der Waals surface area (Å²) in [4.78, 5) is 25.4. The van der Waals surface area contributed by atoms with Crippen molar-refractivity contribution in [2.24, 2.45) is 0 Å². The Balaban J connectivity index is 1.84. The second kappa shape index (κ2) is 7.53. The molecule has 0 saturated carbocycles. The number of nitrogens with zero attached hydrogens (tertiary/aromatic N) is 1. The molecule has 126 valence electrons. The molecule has 1 aromatic carbocycles. The van der Waals surface area contributed by atoms with Gasteiger partial charge in [-0.1, -0.05) is 6.07 Å². The third kappa shape index (κ3) is 4.50. The molecule has 0 spiro atoms. The fraction of sp³-hybridized carbons (Fsp3) is 0.529. The van der Waals surface area contributed by atoms with E-state index < -0.39 is 17.7 Å². The molecule has 1 aromatic rings. The largest absolute Gasteiger partial charge is 0.352 e. The summed E-state index contributed by atoms with van der Waals surface area (Å²) in [5.41, 5.74) is 0.691. The second-order valence-corrected chi connectivity index (χ2v) is 6.07. The van der Waals surface area contributed by atoms with Gasteiger partial charge in [0.15, 0.2) is 11.6 Å². The van der Waals surface area contributed by atoms with E-state index >= 15 is 0 Å². The second-order valence-electron chi connectivity index (χ2n) is 6.07. The number of aryl methyl sites for hydroxylation is 1. The molecular formula is C17H22F2N2O2. The molecule has 0 aliphatic carbocycles. The molecule has 1 saturated heterocycles. The van der Waals surface area contributed by atoms with Crippen molar-refractivity contribution in [2.45, 2.75) is 51.6 Å². The Bertz CT molecular complexity index is 592. The van der Waals surface area contributed by atoms with E-state index in [1.54, 1.807) is 11.0 Å². The zero-order valence-electron chi connectivity index (χ0n) is 13.4. The molecular weight excluding hydrogens is 302 g/mol. The van der Waals surface area contributed by atoms with Crippen LogP contribution >= 0.6 is 0 Å². The van der Waals surface area contributed by atoms with Crippen LogP contribution in [0.25, 0.3) is 0 Å². The number of rotatable bonds is 5. The van der Waals surface area contributed by atoms with Crippen LogP contribution in [0, 0.1) is 11.6 Å². The van der Waals surface area contributed by atoms with Crippen molar-refractivity contribution in [3.05, 3.63) is 35.4 Å². The van der Waals surface area contributed by atoms with E-state index in [-0.39, 0.29) is 17.9 Å². The minimum Gasteiger partial charge on any atom is -0.352 e. The molecule has 2 amide bonds. The van der Waals surface area contributed by atoms with Gasteiger partial charge >= 0.3 is 0 Å². The molecule has 4 nitrogen and oxygen atoms in total. The topological polar surface area (TPSA) is 49.4 Å². The van der Waals surface area contributed by atoms with Gasteiger partial charge in [-0.25, -0.2) is 8.78 Å². The highest BCUT2D eigenvalue weighted by atomic mass is 19.2. The summed E-state index contributed by atoms with van der Waals surface area (Å²) < 4.78 is 26.0. The van der Waals surface area contributed by atoms with Gasteiger partial charge in [0.05, 0.1) is 0 Å². The number of carbonyl (C=O) groups is 2. The van der Waals surface area contributed by atoms with Gasteiger partial charge in [-0.2, -0.15) is 0 Å². The number of halogens is 2. The monoisotopic (exact) mass is 324 g/mol. The summed E-state index contributed by atoms with van der Waals surface area (Å²) in [6.07, 6.45) is 2.67.